The fourth-order valence-electron chi connectivity index (χ4n) is 4.99. The average Bonchev–Trinajstić information content (AvgIpc) is 2.97. The fourth-order valence-corrected chi connectivity index (χ4v) is 6.70. The Labute approximate surface area is 283 Å². The second kappa shape index (κ2) is 21.8. The van der Waals surface area contributed by atoms with Gasteiger partial charge in [0.05, 0.1) is 26.2 Å². The van der Waals surface area contributed by atoms with Gasteiger partial charge < -0.3 is 31.5 Å². The summed E-state index contributed by atoms with van der Waals surface area (Å²) in [5.41, 5.74) is 8.94. The van der Waals surface area contributed by atoms with Crippen molar-refractivity contribution in [3.05, 3.63) is 34.9 Å². The molecular weight excluding hydrogens is 652 g/mol. The first-order valence-corrected chi connectivity index (χ1v) is 17.7. The van der Waals surface area contributed by atoms with E-state index in [1.807, 2.05) is 11.8 Å². The van der Waals surface area contributed by atoms with E-state index in [0.717, 1.165) is 22.4 Å². The topological polar surface area (TPSA) is 217 Å². The number of carbonyl (C=O) groups excluding carboxylic acids is 1. The number of amides is 1. The SMILES string of the molecule is Cc1cc(CSCCNC(=O)CN2CCN(CC(=O)O)CCN(CC(=O)O)CCN(CC(=O)O)CC2)cc(CSC[C@H](N)C(=O)O)c1. The normalized spacial score (nSPS) is 16.9. The third-order valence-corrected chi connectivity index (χ3v) is 9.45. The monoisotopic (exact) mass is 700 g/mol. The van der Waals surface area contributed by atoms with E-state index in [1.54, 1.807) is 26.5 Å². The Balaban J connectivity index is 1.89. The number of aryl methyl sites for hydroxylation is 1. The van der Waals surface area contributed by atoms with Gasteiger partial charge in [-0.3, -0.25) is 43.6 Å². The first-order valence-electron chi connectivity index (χ1n) is 15.4. The Kier molecular flexibility index (Phi) is 18.7. The third-order valence-electron chi connectivity index (χ3n) is 7.29. The van der Waals surface area contributed by atoms with Crippen LogP contribution in [0.4, 0.5) is 0 Å². The molecule has 0 spiro atoms. The van der Waals surface area contributed by atoms with E-state index in [1.165, 1.54) is 11.8 Å². The molecule has 1 atom stereocenters. The van der Waals surface area contributed by atoms with E-state index in [4.69, 9.17) is 10.8 Å². The van der Waals surface area contributed by atoms with Crippen LogP contribution in [0.5, 0.6) is 0 Å². The number of aliphatic carboxylic acids is 4. The van der Waals surface area contributed by atoms with Crippen molar-refractivity contribution in [1.82, 2.24) is 24.9 Å². The smallest absolute Gasteiger partial charge is 0.321 e. The number of hydrogen-bond acceptors (Lipinski definition) is 12. The molecule has 7 N–H and O–H groups in total. The third kappa shape index (κ3) is 18.3. The highest BCUT2D eigenvalue weighted by Gasteiger charge is 2.21. The van der Waals surface area contributed by atoms with E-state index in [-0.39, 0.29) is 32.1 Å². The maximum Gasteiger partial charge on any atom is 0.321 e. The minimum Gasteiger partial charge on any atom is -0.480 e. The zero-order chi connectivity index (χ0) is 34.8. The Morgan fingerprint density at radius 1 is 0.702 bits per heavy atom. The van der Waals surface area contributed by atoms with Gasteiger partial charge in [-0.2, -0.15) is 23.5 Å². The molecule has 0 saturated carbocycles. The first kappa shape index (κ1) is 40.2. The Hall–Kier alpha value is -2.93. The summed E-state index contributed by atoms with van der Waals surface area (Å²) in [5, 5.41) is 40.0. The molecular formula is C30H48N6O9S2. The lowest BCUT2D eigenvalue weighted by atomic mass is 10.1. The number of nitrogens with two attached hydrogens (primary N) is 1. The molecule has 15 nitrogen and oxygen atoms in total. The van der Waals surface area contributed by atoms with Crippen LogP contribution in [0.15, 0.2) is 18.2 Å². The number of carboxylic acids is 4. The largest absolute Gasteiger partial charge is 0.480 e. The van der Waals surface area contributed by atoms with Gasteiger partial charge in [0.25, 0.3) is 0 Å². The summed E-state index contributed by atoms with van der Waals surface area (Å²) >= 11 is 3.16. The van der Waals surface area contributed by atoms with Crippen LogP contribution in [0, 0.1) is 6.92 Å². The summed E-state index contributed by atoms with van der Waals surface area (Å²) in [6.07, 6.45) is 0. The van der Waals surface area contributed by atoms with Gasteiger partial charge in [-0.15, -0.1) is 0 Å². The molecule has 1 aliphatic heterocycles. The van der Waals surface area contributed by atoms with Gasteiger partial charge in [-0.05, 0) is 18.1 Å². The van der Waals surface area contributed by atoms with Gasteiger partial charge in [0.1, 0.15) is 6.04 Å². The molecule has 1 aliphatic rings. The van der Waals surface area contributed by atoms with Crippen molar-refractivity contribution in [3.63, 3.8) is 0 Å². The second-order valence-corrected chi connectivity index (χ2v) is 13.6. The minimum atomic E-state index is -1.02. The predicted octanol–water partition coefficient (Wildman–Crippen LogP) is -0.535. The number of benzene rings is 1. The van der Waals surface area contributed by atoms with Crippen LogP contribution in [-0.4, -0.2) is 172 Å². The highest BCUT2D eigenvalue weighted by atomic mass is 32.2. The molecule has 1 aromatic carbocycles. The zero-order valence-electron chi connectivity index (χ0n) is 26.8. The summed E-state index contributed by atoms with van der Waals surface area (Å²) in [5.74, 6) is -1.79. The molecule has 0 unspecified atom stereocenters. The summed E-state index contributed by atoms with van der Waals surface area (Å²) < 4.78 is 0. The molecule has 0 aliphatic carbocycles. The highest BCUT2D eigenvalue weighted by molar-refractivity contribution is 7.98. The first-order chi connectivity index (χ1) is 22.3. The molecule has 264 valence electrons. The number of carbonyl (C=O) groups is 5. The lowest BCUT2D eigenvalue weighted by Gasteiger charge is -2.32. The lowest BCUT2D eigenvalue weighted by molar-refractivity contribution is -0.140. The summed E-state index contributed by atoms with van der Waals surface area (Å²) in [4.78, 5) is 65.1. The fraction of sp³-hybridized carbons (Fsp3) is 0.633. The molecule has 1 aromatic rings. The molecule has 0 radical (unpaired) electrons. The number of carboxylic acid groups (broad SMARTS) is 4. The summed E-state index contributed by atoms with van der Waals surface area (Å²) in [6, 6.07) is 5.38. The quantitative estimate of drug-likeness (QED) is 0.106. The lowest BCUT2D eigenvalue weighted by Crippen LogP contribution is -2.49. The van der Waals surface area contributed by atoms with E-state index in [9.17, 15) is 39.3 Å². The van der Waals surface area contributed by atoms with Crippen LogP contribution in [-0.2, 0) is 35.5 Å². The molecule has 17 heteroatoms. The van der Waals surface area contributed by atoms with Gasteiger partial charge in [0.15, 0.2) is 0 Å². The Morgan fingerprint density at radius 2 is 1.11 bits per heavy atom. The van der Waals surface area contributed by atoms with Crippen LogP contribution >= 0.6 is 23.5 Å². The number of rotatable bonds is 18. The van der Waals surface area contributed by atoms with Gasteiger partial charge >= 0.3 is 23.9 Å². The van der Waals surface area contributed by atoms with Gasteiger partial charge in [0.2, 0.25) is 5.91 Å². The van der Waals surface area contributed by atoms with Crippen molar-refractivity contribution < 1.29 is 44.4 Å². The van der Waals surface area contributed by atoms with Crippen LogP contribution in [0.25, 0.3) is 0 Å². The van der Waals surface area contributed by atoms with Crippen molar-refractivity contribution in [3.8, 4) is 0 Å². The maximum absolute atomic E-state index is 12.9. The van der Waals surface area contributed by atoms with Gasteiger partial charge in [-0.25, -0.2) is 0 Å². The molecule has 1 saturated heterocycles. The standard InChI is InChI=1S/C30H48N6O9S2/c1-22-12-23(14-24(13-22)20-47-21-25(31)30(44)45)19-46-11-2-32-26(37)15-33-3-5-34(16-27(38)39)7-9-36(18-29(42)43)10-8-35(6-4-33)17-28(40)41/h12-14,25H,2-11,15-21,31H2,1H3,(H,32,37)(H,38,39)(H,40,41)(H,42,43)(H,44,45)/t25-/m0/s1. The van der Waals surface area contributed by atoms with Crippen LogP contribution in [0.1, 0.15) is 16.7 Å². The van der Waals surface area contributed by atoms with Crippen molar-refractivity contribution in [2.24, 2.45) is 5.73 Å². The average molecular weight is 701 g/mol. The van der Waals surface area contributed by atoms with Crippen molar-refractivity contribution in [1.29, 1.82) is 0 Å². The summed E-state index contributed by atoms with van der Waals surface area (Å²) in [7, 11) is 0. The molecule has 1 amide bonds. The zero-order valence-corrected chi connectivity index (χ0v) is 28.5. The second-order valence-electron chi connectivity index (χ2n) is 11.5. The van der Waals surface area contributed by atoms with E-state index < -0.39 is 29.9 Å². The number of nitrogens with zero attached hydrogens (tertiary/aromatic N) is 4. The predicted molar refractivity (Wildman–Crippen MR) is 181 cm³/mol. The van der Waals surface area contributed by atoms with Crippen LogP contribution < -0.4 is 11.1 Å². The molecule has 1 fully saturated rings. The maximum atomic E-state index is 12.9. The Bertz CT molecular complexity index is 1160. The summed E-state index contributed by atoms with van der Waals surface area (Å²) in [6.45, 7) is 4.57. The van der Waals surface area contributed by atoms with Gasteiger partial charge in [0, 0.05) is 81.9 Å². The van der Waals surface area contributed by atoms with Crippen molar-refractivity contribution in [2.45, 2.75) is 24.5 Å². The number of hydrogen-bond donors (Lipinski definition) is 6. The Morgan fingerprint density at radius 3 is 1.51 bits per heavy atom. The molecule has 0 bridgehead atoms. The van der Waals surface area contributed by atoms with E-state index >= 15 is 0 Å². The van der Waals surface area contributed by atoms with E-state index in [0.29, 0.717) is 76.2 Å². The molecule has 2 rings (SSSR count). The van der Waals surface area contributed by atoms with Gasteiger partial charge in [-0.1, -0.05) is 23.8 Å². The number of thioether (sulfide) groups is 2. The molecule has 0 aromatic heterocycles. The number of nitrogens with one attached hydrogen (secondary N) is 1. The highest BCUT2D eigenvalue weighted by Crippen LogP contribution is 2.20. The molecule has 47 heavy (non-hydrogen) atoms. The van der Waals surface area contributed by atoms with Crippen LogP contribution in [0.3, 0.4) is 0 Å². The van der Waals surface area contributed by atoms with Crippen molar-refractivity contribution in [2.75, 3.05) is 96.6 Å². The van der Waals surface area contributed by atoms with Crippen LogP contribution in [0.2, 0.25) is 0 Å². The van der Waals surface area contributed by atoms with E-state index in [2.05, 4.69) is 23.5 Å². The van der Waals surface area contributed by atoms with Crippen molar-refractivity contribution >= 4 is 53.3 Å². The molecule has 1 heterocycles. The minimum absolute atomic E-state index is 0.0715.